The quantitative estimate of drug-likeness (QED) is 0.842. The summed E-state index contributed by atoms with van der Waals surface area (Å²) in [6, 6.07) is 0.378. The van der Waals surface area contributed by atoms with Gasteiger partial charge in [-0.2, -0.15) is 0 Å². The van der Waals surface area contributed by atoms with Crippen LogP contribution >= 0.6 is 0 Å². The van der Waals surface area contributed by atoms with E-state index >= 15 is 0 Å². The molecule has 0 spiro atoms. The molecule has 0 bridgehead atoms. The zero-order valence-corrected chi connectivity index (χ0v) is 12.2. The van der Waals surface area contributed by atoms with Crippen LogP contribution in [0.15, 0.2) is 6.33 Å². The van der Waals surface area contributed by atoms with E-state index in [0.29, 0.717) is 17.7 Å². The predicted octanol–water partition coefficient (Wildman–Crippen LogP) is 2.40. The smallest absolute Gasteiger partial charge is 0.204 e. The zero-order chi connectivity index (χ0) is 13.7. The number of hydrogen-bond donors (Lipinski definition) is 1. The van der Waals surface area contributed by atoms with Crippen molar-refractivity contribution in [3.05, 3.63) is 6.33 Å². The number of ether oxygens (including phenoxy) is 1. The maximum Gasteiger partial charge on any atom is 0.204 e. The Bertz CT molecular complexity index is 381. The molecule has 1 unspecified atom stereocenters. The van der Waals surface area contributed by atoms with Crippen LogP contribution in [0, 0.1) is 5.92 Å². The minimum absolute atomic E-state index is 0.378. The molecule has 1 aromatic heterocycles. The average molecular weight is 252 g/mol. The summed E-state index contributed by atoms with van der Waals surface area (Å²) in [7, 11) is 3.68. The van der Waals surface area contributed by atoms with Crippen molar-refractivity contribution in [1.82, 2.24) is 9.97 Å². The van der Waals surface area contributed by atoms with Gasteiger partial charge in [0.15, 0.2) is 11.6 Å². The third-order valence-corrected chi connectivity index (χ3v) is 3.24. The van der Waals surface area contributed by atoms with Crippen LogP contribution in [-0.4, -0.2) is 36.7 Å². The summed E-state index contributed by atoms with van der Waals surface area (Å²) in [5.74, 6) is 2.81. The van der Waals surface area contributed by atoms with Gasteiger partial charge in [-0.25, -0.2) is 9.97 Å². The van der Waals surface area contributed by atoms with Crippen LogP contribution in [-0.2, 0) is 0 Å². The van der Waals surface area contributed by atoms with Gasteiger partial charge >= 0.3 is 0 Å². The molecule has 1 aromatic rings. The van der Waals surface area contributed by atoms with Crippen molar-refractivity contribution < 1.29 is 4.74 Å². The van der Waals surface area contributed by atoms with Crippen molar-refractivity contribution >= 4 is 11.6 Å². The average Bonchev–Trinajstić information content (AvgIpc) is 2.37. The van der Waals surface area contributed by atoms with E-state index in [9.17, 15) is 0 Å². The van der Waals surface area contributed by atoms with Gasteiger partial charge in [-0.15, -0.1) is 0 Å². The van der Waals surface area contributed by atoms with Gasteiger partial charge in [0.1, 0.15) is 6.33 Å². The third-order valence-electron chi connectivity index (χ3n) is 3.24. The van der Waals surface area contributed by atoms with E-state index in [1.54, 1.807) is 13.4 Å². The summed E-state index contributed by atoms with van der Waals surface area (Å²) in [5.41, 5.74) is 0. The van der Waals surface area contributed by atoms with E-state index in [1.165, 1.54) is 0 Å². The molecule has 0 aliphatic carbocycles. The second kappa shape index (κ2) is 6.42. The van der Waals surface area contributed by atoms with Gasteiger partial charge < -0.3 is 15.0 Å². The van der Waals surface area contributed by atoms with Crippen molar-refractivity contribution in [2.45, 2.75) is 33.7 Å². The van der Waals surface area contributed by atoms with Gasteiger partial charge in [0.25, 0.3) is 0 Å². The summed E-state index contributed by atoms with van der Waals surface area (Å²) in [5, 5.41) is 3.19. The van der Waals surface area contributed by atoms with Crippen LogP contribution in [0.25, 0.3) is 0 Å². The number of methoxy groups -OCH3 is 1. The Kier molecular flexibility index (Phi) is 5.19. The lowest BCUT2D eigenvalue weighted by Gasteiger charge is -2.30. The highest BCUT2D eigenvalue weighted by Crippen LogP contribution is 2.32. The molecule has 102 valence electrons. The lowest BCUT2D eigenvalue weighted by Crippen LogP contribution is -2.34. The molecule has 0 saturated carbocycles. The first-order valence-corrected chi connectivity index (χ1v) is 6.38. The summed E-state index contributed by atoms with van der Waals surface area (Å²) in [6.07, 6.45) is 1.57. The minimum Gasteiger partial charge on any atom is -0.490 e. The van der Waals surface area contributed by atoms with Crippen LogP contribution < -0.4 is 15.0 Å². The monoisotopic (exact) mass is 252 g/mol. The fraction of sp³-hybridized carbons (Fsp3) is 0.692. The Balaban J connectivity index is 3.11. The molecule has 5 nitrogen and oxygen atoms in total. The van der Waals surface area contributed by atoms with E-state index in [2.05, 4.69) is 41.0 Å². The highest BCUT2D eigenvalue weighted by atomic mass is 16.5. The van der Waals surface area contributed by atoms with Crippen molar-refractivity contribution in [3.8, 4) is 5.75 Å². The number of nitrogens with one attached hydrogen (secondary N) is 1. The number of nitrogens with zero attached hydrogens (tertiary/aromatic N) is 3. The predicted molar refractivity (Wildman–Crippen MR) is 75.5 cm³/mol. The van der Waals surface area contributed by atoms with Gasteiger partial charge in [0.2, 0.25) is 5.75 Å². The third kappa shape index (κ3) is 3.03. The Morgan fingerprint density at radius 3 is 2.50 bits per heavy atom. The molecule has 0 radical (unpaired) electrons. The second-order valence-electron chi connectivity index (χ2n) is 4.70. The first-order chi connectivity index (χ1) is 8.52. The molecule has 0 aliphatic heterocycles. The molecule has 0 aliphatic rings. The normalized spacial score (nSPS) is 12.4. The number of rotatable bonds is 6. The lowest BCUT2D eigenvalue weighted by atomic mass is 10.1. The maximum absolute atomic E-state index is 5.45. The Hall–Kier alpha value is -1.52. The molecule has 0 saturated heterocycles. The first kappa shape index (κ1) is 14.5. The standard InChI is InChI=1S/C13H24N4O/c1-7-14-12-11(18-6)13(16-8-15-12)17(5)10(4)9(2)3/h8-10H,7H2,1-6H3,(H,14,15,16). The van der Waals surface area contributed by atoms with Crippen LogP contribution in [0.5, 0.6) is 5.75 Å². The summed E-state index contributed by atoms with van der Waals surface area (Å²) in [6.45, 7) is 9.40. The molecular formula is C13H24N4O. The number of hydrogen-bond acceptors (Lipinski definition) is 5. The van der Waals surface area contributed by atoms with Gasteiger partial charge in [-0.3, -0.25) is 0 Å². The van der Waals surface area contributed by atoms with Crippen molar-refractivity contribution in [1.29, 1.82) is 0 Å². The van der Waals surface area contributed by atoms with Crippen LogP contribution in [0.2, 0.25) is 0 Å². The number of anilines is 2. The van der Waals surface area contributed by atoms with Crippen LogP contribution in [0.4, 0.5) is 11.6 Å². The highest BCUT2D eigenvalue weighted by Gasteiger charge is 2.20. The molecule has 1 heterocycles. The summed E-state index contributed by atoms with van der Waals surface area (Å²) in [4.78, 5) is 10.7. The van der Waals surface area contributed by atoms with Crippen molar-refractivity contribution in [2.24, 2.45) is 5.92 Å². The number of aromatic nitrogens is 2. The van der Waals surface area contributed by atoms with Crippen molar-refractivity contribution in [3.63, 3.8) is 0 Å². The topological polar surface area (TPSA) is 50.3 Å². The molecular weight excluding hydrogens is 228 g/mol. The minimum atomic E-state index is 0.378. The molecule has 0 aromatic carbocycles. The molecule has 1 rings (SSSR count). The van der Waals surface area contributed by atoms with Crippen LogP contribution in [0.3, 0.4) is 0 Å². The lowest BCUT2D eigenvalue weighted by molar-refractivity contribution is 0.408. The van der Waals surface area contributed by atoms with E-state index in [0.717, 1.165) is 18.2 Å². The maximum atomic E-state index is 5.45. The molecule has 5 heteroatoms. The van der Waals surface area contributed by atoms with E-state index in [4.69, 9.17) is 4.74 Å². The molecule has 0 amide bonds. The fourth-order valence-corrected chi connectivity index (χ4v) is 1.74. The van der Waals surface area contributed by atoms with Gasteiger partial charge in [0, 0.05) is 19.6 Å². The fourth-order valence-electron chi connectivity index (χ4n) is 1.74. The first-order valence-electron chi connectivity index (χ1n) is 6.38. The Morgan fingerprint density at radius 1 is 1.33 bits per heavy atom. The van der Waals surface area contributed by atoms with E-state index < -0.39 is 0 Å². The van der Waals surface area contributed by atoms with Gasteiger partial charge in [-0.05, 0) is 19.8 Å². The molecule has 0 fully saturated rings. The zero-order valence-electron chi connectivity index (χ0n) is 12.2. The molecule has 1 N–H and O–H groups in total. The SMILES string of the molecule is CCNc1ncnc(N(C)C(C)C(C)C)c1OC. The van der Waals surface area contributed by atoms with Gasteiger partial charge in [0.05, 0.1) is 7.11 Å². The second-order valence-corrected chi connectivity index (χ2v) is 4.70. The molecule has 18 heavy (non-hydrogen) atoms. The van der Waals surface area contributed by atoms with Crippen molar-refractivity contribution in [2.75, 3.05) is 30.9 Å². The van der Waals surface area contributed by atoms with E-state index in [1.807, 2.05) is 14.0 Å². The van der Waals surface area contributed by atoms with Crippen LogP contribution in [0.1, 0.15) is 27.7 Å². The Labute approximate surface area is 110 Å². The largest absolute Gasteiger partial charge is 0.490 e. The van der Waals surface area contributed by atoms with E-state index in [-0.39, 0.29) is 0 Å². The Morgan fingerprint density at radius 2 is 2.00 bits per heavy atom. The highest BCUT2D eigenvalue weighted by molar-refractivity contribution is 5.64. The summed E-state index contributed by atoms with van der Waals surface area (Å²) < 4.78 is 5.45. The molecule has 1 atom stereocenters. The summed E-state index contributed by atoms with van der Waals surface area (Å²) >= 11 is 0. The van der Waals surface area contributed by atoms with Gasteiger partial charge in [-0.1, -0.05) is 13.8 Å².